The van der Waals surface area contributed by atoms with E-state index in [0.29, 0.717) is 12.1 Å². The van der Waals surface area contributed by atoms with Crippen LogP contribution in [0.5, 0.6) is 0 Å². The van der Waals surface area contributed by atoms with E-state index in [9.17, 15) is 0 Å². The van der Waals surface area contributed by atoms with Crippen molar-refractivity contribution in [1.82, 2.24) is 4.90 Å². The van der Waals surface area contributed by atoms with Crippen molar-refractivity contribution >= 4 is 11.3 Å². The van der Waals surface area contributed by atoms with Crippen molar-refractivity contribution in [2.24, 2.45) is 5.73 Å². The summed E-state index contributed by atoms with van der Waals surface area (Å²) >= 11 is 1.83. The second-order valence-corrected chi connectivity index (χ2v) is 5.30. The molecule has 0 aliphatic heterocycles. The van der Waals surface area contributed by atoms with E-state index >= 15 is 0 Å². The molecule has 0 aliphatic rings. The number of rotatable bonds is 6. The Balaban J connectivity index is 2.58. The summed E-state index contributed by atoms with van der Waals surface area (Å²) in [4.78, 5) is 3.95. The maximum atomic E-state index is 5.62. The normalized spacial score (nSPS) is 13.7. The summed E-state index contributed by atoms with van der Waals surface area (Å²) in [6, 6.07) is 5.46. The van der Waals surface area contributed by atoms with Crippen LogP contribution in [0.3, 0.4) is 0 Å². The molecule has 0 radical (unpaired) electrons. The molecule has 1 aromatic heterocycles. The highest BCUT2D eigenvalue weighted by Crippen LogP contribution is 2.17. The summed E-state index contributed by atoms with van der Waals surface area (Å²) in [6.07, 6.45) is 1.07. The molecule has 0 aliphatic carbocycles. The van der Waals surface area contributed by atoms with E-state index in [0.717, 1.165) is 19.5 Å². The summed E-state index contributed by atoms with van der Waals surface area (Å²) in [5.74, 6) is 0. The predicted molar refractivity (Wildman–Crippen MR) is 68.1 cm³/mol. The summed E-state index contributed by atoms with van der Waals surface area (Å²) in [6.45, 7) is 8.59. The zero-order valence-electron chi connectivity index (χ0n) is 9.94. The van der Waals surface area contributed by atoms with E-state index in [1.165, 1.54) is 4.88 Å². The van der Waals surface area contributed by atoms with Gasteiger partial charge in [-0.25, -0.2) is 0 Å². The standard InChI is InChI=1S/C12H22N2S/c1-10(2)14(11(3)6-7-13)9-12-5-4-8-15-12/h4-5,8,10-11H,6-7,9,13H2,1-3H3. The van der Waals surface area contributed by atoms with Crippen LogP contribution in [0.1, 0.15) is 32.1 Å². The number of nitrogens with zero attached hydrogens (tertiary/aromatic N) is 1. The zero-order valence-corrected chi connectivity index (χ0v) is 10.8. The Bertz CT molecular complexity index is 257. The largest absolute Gasteiger partial charge is 0.330 e. The van der Waals surface area contributed by atoms with Gasteiger partial charge in [-0.15, -0.1) is 11.3 Å². The number of nitrogens with two attached hydrogens (primary N) is 1. The molecule has 3 heteroatoms. The Morgan fingerprint density at radius 1 is 1.40 bits per heavy atom. The second kappa shape index (κ2) is 6.26. The van der Waals surface area contributed by atoms with Crippen molar-refractivity contribution in [2.45, 2.75) is 45.8 Å². The van der Waals surface area contributed by atoms with Crippen LogP contribution >= 0.6 is 11.3 Å². The molecule has 1 aromatic rings. The molecule has 0 aromatic carbocycles. The third-order valence-electron chi connectivity index (χ3n) is 2.73. The van der Waals surface area contributed by atoms with E-state index in [1.807, 2.05) is 11.3 Å². The molecule has 1 unspecified atom stereocenters. The van der Waals surface area contributed by atoms with Gasteiger partial charge in [0.2, 0.25) is 0 Å². The molecule has 0 bridgehead atoms. The Morgan fingerprint density at radius 2 is 2.13 bits per heavy atom. The van der Waals surface area contributed by atoms with Crippen LogP contribution in [0.4, 0.5) is 0 Å². The second-order valence-electron chi connectivity index (χ2n) is 4.27. The van der Waals surface area contributed by atoms with E-state index in [1.54, 1.807) is 0 Å². The molecule has 0 saturated carbocycles. The highest BCUT2D eigenvalue weighted by atomic mass is 32.1. The summed E-state index contributed by atoms with van der Waals surface area (Å²) < 4.78 is 0. The van der Waals surface area contributed by atoms with Gasteiger partial charge in [0.05, 0.1) is 0 Å². The molecule has 15 heavy (non-hydrogen) atoms. The van der Waals surface area contributed by atoms with Gasteiger partial charge >= 0.3 is 0 Å². The molecule has 1 atom stereocenters. The first kappa shape index (κ1) is 12.7. The molecule has 0 amide bonds. The van der Waals surface area contributed by atoms with Gasteiger partial charge in [-0.3, -0.25) is 4.90 Å². The monoisotopic (exact) mass is 226 g/mol. The molecular weight excluding hydrogens is 204 g/mol. The molecule has 0 fully saturated rings. The van der Waals surface area contributed by atoms with Crippen LogP contribution in [0.15, 0.2) is 17.5 Å². The number of hydrogen-bond donors (Lipinski definition) is 1. The van der Waals surface area contributed by atoms with Crippen LogP contribution in [0.2, 0.25) is 0 Å². The highest BCUT2D eigenvalue weighted by molar-refractivity contribution is 7.09. The lowest BCUT2D eigenvalue weighted by molar-refractivity contribution is 0.150. The van der Waals surface area contributed by atoms with Crippen molar-refractivity contribution in [2.75, 3.05) is 6.54 Å². The summed E-state index contributed by atoms with van der Waals surface area (Å²) in [5, 5.41) is 2.14. The molecule has 1 rings (SSSR count). The predicted octanol–water partition coefficient (Wildman–Crippen LogP) is 2.70. The van der Waals surface area contributed by atoms with Crippen molar-refractivity contribution in [3.63, 3.8) is 0 Å². The Hall–Kier alpha value is -0.380. The lowest BCUT2D eigenvalue weighted by Crippen LogP contribution is -2.39. The van der Waals surface area contributed by atoms with Gasteiger partial charge < -0.3 is 5.73 Å². The van der Waals surface area contributed by atoms with E-state index in [-0.39, 0.29) is 0 Å². The average Bonchev–Trinajstić information content (AvgIpc) is 2.66. The van der Waals surface area contributed by atoms with Crippen LogP contribution in [0.25, 0.3) is 0 Å². The van der Waals surface area contributed by atoms with Crippen molar-refractivity contribution < 1.29 is 0 Å². The maximum Gasteiger partial charge on any atom is 0.0333 e. The summed E-state index contributed by atoms with van der Waals surface area (Å²) in [5.41, 5.74) is 5.62. The lowest BCUT2D eigenvalue weighted by Gasteiger charge is -2.32. The fourth-order valence-electron chi connectivity index (χ4n) is 1.84. The maximum absolute atomic E-state index is 5.62. The van der Waals surface area contributed by atoms with Gasteiger partial charge in [-0.05, 0) is 45.2 Å². The zero-order chi connectivity index (χ0) is 11.3. The van der Waals surface area contributed by atoms with Gasteiger partial charge in [-0.1, -0.05) is 6.07 Å². The molecule has 2 nitrogen and oxygen atoms in total. The Morgan fingerprint density at radius 3 is 2.60 bits per heavy atom. The Labute approximate surface area is 97.1 Å². The minimum absolute atomic E-state index is 0.567. The Kier molecular flexibility index (Phi) is 5.29. The molecule has 2 N–H and O–H groups in total. The molecular formula is C12H22N2S. The van der Waals surface area contributed by atoms with E-state index < -0.39 is 0 Å². The van der Waals surface area contributed by atoms with E-state index in [2.05, 4.69) is 43.2 Å². The van der Waals surface area contributed by atoms with Gasteiger partial charge in [0.1, 0.15) is 0 Å². The van der Waals surface area contributed by atoms with E-state index in [4.69, 9.17) is 5.73 Å². The average molecular weight is 226 g/mol. The van der Waals surface area contributed by atoms with Crippen LogP contribution in [-0.4, -0.2) is 23.5 Å². The highest BCUT2D eigenvalue weighted by Gasteiger charge is 2.16. The van der Waals surface area contributed by atoms with Crippen molar-refractivity contribution in [3.8, 4) is 0 Å². The molecule has 1 heterocycles. The number of thiophene rings is 1. The third-order valence-corrected chi connectivity index (χ3v) is 3.59. The molecule has 0 spiro atoms. The first-order chi connectivity index (χ1) is 7.15. The first-order valence-electron chi connectivity index (χ1n) is 5.63. The molecule has 0 saturated heterocycles. The third kappa shape index (κ3) is 3.93. The van der Waals surface area contributed by atoms with Gasteiger partial charge in [-0.2, -0.15) is 0 Å². The van der Waals surface area contributed by atoms with Crippen LogP contribution in [-0.2, 0) is 6.54 Å². The van der Waals surface area contributed by atoms with Crippen LogP contribution in [0, 0.1) is 0 Å². The lowest BCUT2D eigenvalue weighted by atomic mass is 10.1. The van der Waals surface area contributed by atoms with Gasteiger partial charge in [0.25, 0.3) is 0 Å². The van der Waals surface area contributed by atoms with Crippen LogP contribution < -0.4 is 5.73 Å². The smallest absolute Gasteiger partial charge is 0.0333 e. The minimum Gasteiger partial charge on any atom is -0.330 e. The number of hydrogen-bond acceptors (Lipinski definition) is 3. The minimum atomic E-state index is 0.567. The molecule has 86 valence electrons. The quantitative estimate of drug-likeness (QED) is 0.808. The van der Waals surface area contributed by atoms with Crippen molar-refractivity contribution in [1.29, 1.82) is 0 Å². The van der Waals surface area contributed by atoms with Gasteiger partial charge in [0.15, 0.2) is 0 Å². The van der Waals surface area contributed by atoms with Gasteiger partial charge in [0, 0.05) is 23.5 Å². The fourth-order valence-corrected chi connectivity index (χ4v) is 2.55. The topological polar surface area (TPSA) is 29.3 Å². The first-order valence-corrected chi connectivity index (χ1v) is 6.51. The fraction of sp³-hybridized carbons (Fsp3) is 0.667. The summed E-state index contributed by atoms with van der Waals surface area (Å²) in [7, 11) is 0. The SMILES string of the molecule is CC(C)N(Cc1cccs1)C(C)CCN. The van der Waals surface area contributed by atoms with Crippen molar-refractivity contribution in [3.05, 3.63) is 22.4 Å².